The van der Waals surface area contributed by atoms with Gasteiger partial charge in [0, 0.05) is 18.1 Å². The van der Waals surface area contributed by atoms with Gasteiger partial charge in [0.1, 0.15) is 0 Å². The quantitative estimate of drug-likeness (QED) is 0.589. The van der Waals surface area contributed by atoms with Crippen molar-refractivity contribution in [3.63, 3.8) is 0 Å². The van der Waals surface area contributed by atoms with Gasteiger partial charge in [-0.05, 0) is 23.1 Å². The fourth-order valence-electron chi connectivity index (χ4n) is 2.29. The van der Waals surface area contributed by atoms with Crippen molar-refractivity contribution in [3.8, 4) is 0 Å². The molecule has 18 heavy (non-hydrogen) atoms. The smallest absolute Gasteiger partial charge is 0.234 e. The van der Waals surface area contributed by atoms with Crippen LogP contribution in [0, 0.1) is 6.57 Å². The van der Waals surface area contributed by atoms with Gasteiger partial charge >= 0.3 is 0 Å². The maximum Gasteiger partial charge on any atom is 0.234 e. The number of nitrogens with zero attached hydrogens (tertiary/aromatic N) is 1. The number of rotatable bonds is 1. The van der Waals surface area contributed by atoms with Crippen LogP contribution in [-0.4, -0.2) is 16.8 Å². The number of imide groups is 1. The van der Waals surface area contributed by atoms with Crippen LogP contribution in [0.1, 0.15) is 17.9 Å². The largest absolute Gasteiger partial charge is 0.361 e. The molecule has 1 aliphatic rings. The second kappa shape index (κ2) is 3.70. The summed E-state index contributed by atoms with van der Waals surface area (Å²) < 4.78 is 0. The van der Waals surface area contributed by atoms with Crippen LogP contribution in [0.25, 0.3) is 15.7 Å². The molecule has 0 spiro atoms. The number of hydrogen-bond donors (Lipinski definition) is 2. The molecule has 0 saturated carbocycles. The van der Waals surface area contributed by atoms with E-state index in [1.165, 1.54) is 0 Å². The molecular weight excluding hydrogens is 230 g/mol. The second-order valence-corrected chi connectivity index (χ2v) is 4.25. The number of fused-ring (bicyclic) bond motifs is 1. The van der Waals surface area contributed by atoms with Crippen LogP contribution >= 0.6 is 0 Å². The van der Waals surface area contributed by atoms with E-state index in [1.54, 1.807) is 24.4 Å². The zero-order valence-corrected chi connectivity index (χ0v) is 9.36. The van der Waals surface area contributed by atoms with E-state index < -0.39 is 5.92 Å². The lowest BCUT2D eigenvalue weighted by atomic mass is 9.97. The number of aromatic nitrogens is 1. The van der Waals surface area contributed by atoms with Crippen LogP contribution in [0.2, 0.25) is 0 Å². The lowest BCUT2D eigenvalue weighted by Crippen LogP contribution is -2.21. The van der Waals surface area contributed by atoms with Crippen molar-refractivity contribution in [2.75, 3.05) is 0 Å². The normalized spacial score (nSPS) is 18.9. The van der Waals surface area contributed by atoms with Gasteiger partial charge in [0.15, 0.2) is 5.69 Å². The average molecular weight is 239 g/mol. The maximum absolute atomic E-state index is 11.7. The Labute approximate surface area is 103 Å². The summed E-state index contributed by atoms with van der Waals surface area (Å²) in [6.45, 7) is 7.01. The van der Waals surface area contributed by atoms with Gasteiger partial charge in [0.25, 0.3) is 0 Å². The van der Waals surface area contributed by atoms with Crippen molar-refractivity contribution in [2.45, 2.75) is 12.3 Å². The summed E-state index contributed by atoms with van der Waals surface area (Å²) in [6.07, 6.45) is 1.91. The SMILES string of the molecule is [C-]#[N+]c1ccc2[nH]cc(C3CC(=O)NC3=O)c2c1. The van der Waals surface area contributed by atoms with E-state index >= 15 is 0 Å². The fraction of sp³-hybridized carbons (Fsp3) is 0.154. The van der Waals surface area contributed by atoms with Crippen LogP contribution < -0.4 is 5.32 Å². The van der Waals surface area contributed by atoms with Gasteiger partial charge < -0.3 is 4.98 Å². The molecule has 1 unspecified atom stereocenters. The maximum atomic E-state index is 11.7. The van der Waals surface area contributed by atoms with Gasteiger partial charge in [0.2, 0.25) is 11.8 Å². The average Bonchev–Trinajstić information content (AvgIpc) is 2.91. The number of amides is 2. The van der Waals surface area contributed by atoms with Gasteiger partial charge in [0.05, 0.1) is 12.5 Å². The Bertz CT molecular complexity index is 709. The van der Waals surface area contributed by atoms with Crippen molar-refractivity contribution < 1.29 is 9.59 Å². The van der Waals surface area contributed by atoms with Crippen molar-refractivity contribution in [1.29, 1.82) is 0 Å². The zero-order valence-electron chi connectivity index (χ0n) is 9.36. The molecule has 0 radical (unpaired) electrons. The molecule has 0 bridgehead atoms. The molecule has 2 aromatic rings. The summed E-state index contributed by atoms with van der Waals surface area (Å²) in [5.74, 6) is -0.970. The third-order valence-corrected chi connectivity index (χ3v) is 3.17. The first-order valence-electron chi connectivity index (χ1n) is 5.51. The van der Waals surface area contributed by atoms with Gasteiger partial charge in [-0.2, -0.15) is 0 Å². The van der Waals surface area contributed by atoms with E-state index in [4.69, 9.17) is 6.57 Å². The highest BCUT2D eigenvalue weighted by molar-refractivity contribution is 6.08. The minimum absolute atomic E-state index is 0.175. The molecule has 2 heterocycles. The Morgan fingerprint density at radius 1 is 1.33 bits per heavy atom. The molecule has 1 atom stereocenters. The van der Waals surface area contributed by atoms with Crippen LogP contribution in [0.3, 0.4) is 0 Å². The Morgan fingerprint density at radius 3 is 2.83 bits per heavy atom. The van der Waals surface area contributed by atoms with Crippen molar-refractivity contribution in [3.05, 3.63) is 41.4 Å². The number of hydrogen-bond acceptors (Lipinski definition) is 2. The van der Waals surface area contributed by atoms with E-state index in [1.807, 2.05) is 0 Å². The lowest BCUT2D eigenvalue weighted by Gasteiger charge is -2.04. The lowest BCUT2D eigenvalue weighted by molar-refractivity contribution is -0.125. The summed E-state index contributed by atoms with van der Waals surface area (Å²) in [6, 6.07) is 5.26. The number of carbonyl (C=O) groups is 2. The predicted octanol–water partition coefficient (Wildman–Crippen LogP) is 1.85. The van der Waals surface area contributed by atoms with Crippen molar-refractivity contribution in [2.24, 2.45) is 0 Å². The second-order valence-electron chi connectivity index (χ2n) is 4.25. The molecule has 1 aromatic carbocycles. The van der Waals surface area contributed by atoms with Crippen LogP contribution in [0.5, 0.6) is 0 Å². The molecule has 2 N–H and O–H groups in total. The molecule has 5 heteroatoms. The van der Waals surface area contributed by atoms with Gasteiger partial charge in [-0.1, -0.05) is 6.07 Å². The monoisotopic (exact) mass is 239 g/mol. The number of carbonyl (C=O) groups excluding carboxylic acids is 2. The Hall–Kier alpha value is -2.61. The van der Waals surface area contributed by atoms with E-state index in [9.17, 15) is 9.59 Å². The zero-order chi connectivity index (χ0) is 12.7. The van der Waals surface area contributed by atoms with E-state index in [0.29, 0.717) is 5.69 Å². The minimum atomic E-state index is -0.452. The van der Waals surface area contributed by atoms with Crippen LogP contribution in [0.15, 0.2) is 24.4 Å². The highest BCUT2D eigenvalue weighted by atomic mass is 16.2. The molecule has 5 nitrogen and oxygen atoms in total. The van der Waals surface area contributed by atoms with Gasteiger partial charge in [-0.25, -0.2) is 4.85 Å². The van der Waals surface area contributed by atoms with Crippen LogP contribution in [-0.2, 0) is 9.59 Å². The predicted molar refractivity (Wildman–Crippen MR) is 65.1 cm³/mol. The third-order valence-electron chi connectivity index (χ3n) is 3.17. The van der Waals surface area contributed by atoms with Crippen molar-refractivity contribution in [1.82, 2.24) is 10.3 Å². The van der Waals surface area contributed by atoms with Crippen LogP contribution in [0.4, 0.5) is 5.69 Å². The molecule has 1 aromatic heterocycles. The summed E-state index contributed by atoms with van der Waals surface area (Å²) in [5, 5.41) is 3.13. The first-order valence-corrected chi connectivity index (χ1v) is 5.51. The Balaban J connectivity index is 2.15. The topological polar surface area (TPSA) is 66.3 Å². The molecule has 1 aliphatic heterocycles. The summed E-state index contributed by atoms with van der Waals surface area (Å²) >= 11 is 0. The highest BCUT2D eigenvalue weighted by Crippen LogP contribution is 2.32. The minimum Gasteiger partial charge on any atom is -0.361 e. The van der Waals surface area contributed by atoms with E-state index in [2.05, 4.69) is 15.1 Å². The highest BCUT2D eigenvalue weighted by Gasteiger charge is 2.33. The fourth-order valence-corrected chi connectivity index (χ4v) is 2.29. The van der Waals surface area contributed by atoms with E-state index in [-0.39, 0.29) is 18.2 Å². The van der Waals surface area contributed by atoms with Gasteiger partial charge in [-0.15, -0.1) is 0 Å². The van der Waals surface area contributed by atoms with Gasteiger partial charge in [-0.3, -0.25) is 14.9 Å². The van der Waals surface area contributed by atoms with Crippen molar-refractivity contribution >= 4 is 28.4 Å². The molecule has 2 amide bonds. The Morgan fingerprint density at radius 2 is 2.17 bits per heavy atom. The number of nitrogens with one attached hydrogen (secondary N) is 2. The number of benzene rings is 1. The van der Waals surface area contributed by atoms with E-state index in [0.717, 1.165) is 16.5 Å². The standard InChI is InChI=1S/C13H9N3O2/c1-14-7-2-3-11-8(4-7)10(6-15-11)9-5-12(17)16-13(9)18/h2-4,6,9,15H,5H2,(H,16,17,18). The summed E-state index contributed by atoms with van der Waals surface area (Å²) in [7, 11) is 0. The molecule has 0 aliphatic carbocycles. The summed E-state index contributed by atoms with van der Waals surface area (Å²) in [5.41, 5.74) is 2.16. The molecule has 1 fully saturated rings. The Kier molecular flexibility index (Phi) is 2.17. The first kappa shape index (κ1) is 10.5. The summed E-state index contributed by atoms with van der Waals surface area (Å²) in [4.78, 5) is 29.3. The molecule has 3 rings (SSSR count). The number of aromatic amines is 1. The molecule has 88 valence electrons. The number of H-pyrrole nitrogens is 1. The first-order chi connectivity index (χ1) is 8.69. The third kappa shape index (κ3) is 1.47. The molecule has 1 saturated heterocycles. The molecular formula is C13H9N3O2.